The summed E-state index contributed by atoms with van der Waals surface area (Å²) in [5.41, 5.74) is 6.37. The summed E-state index contributed by atoms with van der Waals surface area (Å²) in [6.45, 7) is 0. The van der Waals surface area contributed by atoms with E-state index < -0.39 is 11.9 Å². The number of carboxylic acids is 1. The van der Waals surface area contributed by atoms with Gasteiger partial charge in [-0.1, -0.05) is 0 Å². The number of carbonyl (C=O) groups is 2. The number of rotatable bonds is 3. The third kappa shape index (κ3) is 3.12. The zero-order chi connectivity index (χ0) is 14.7. The van der Waals surface area contributed by atoms with Gasteiger partial charge in [0.05, 0.1) is 16.8 Å². The molecule has 0 aliphatic rings. The Morgan fingerprint density at radius 2 is 2.00 bits per heavy atom. The van der Waals surface area contributed by atoms with E-state index in [0.717, 1.165) is 0 Å². The first-order chi connectivity index (χ1) is 9.47. The number of pyridine rings is 1. The summed E-state index contributed by atoms with van der Waals surface area (Å²) < 4.78 is 0.649. The van der Waals surface area contributed by atoms with Crippen LogP contribution in [-0.2, 0) is 0 Å². The quantitative estimate of drug-likeness (QED) is 0.747. The van der Waals surface area contributed by atoms with Crippen molar-refractivity contribution in [2.75, 3.05) is 11.1 Å². The van der Waals surface area contributed by atoms with E-state index in [-0.39, 0.29) is 11.3 Å². The Kier molecular flexibility index (Phi) is 3.99. The molecule has 0 unspecified atom stereocenters. The van der Waals surface area contributed by atoms with E-state index in [4.69, 9.17) is 10.8 Å². The Morgan fingerprint density at radius 1 is 1.25 bits per heavy atom. The van der Waals surface area contributed by atoms with Gasteiger partial charge in [0.25, 0.3) is 5.91 Å². The van der Waals surface area contributed by atoms with Crippen molar-refractivity contribution in [2.45, 2.75) is 0 Å². The first-order valence-electron chi connectivity index (χ1n) is 5.52. The number of nitrogens with zero attached hydrogens (tertiary/aromatic N) is 1. The number of carboxylic acid groups (broad SMARTS) is 1. The molecule has 0 aliphatic carbocycles. The third-order valence-corrected chi connectivity index (χ3v) is 2.92. The summed E-state index contributed by atoms with van der Waals surface area (Å²) in [6, 6.07) is 5.77. The lowest BCUT2D eigenvalue weighted by Gasteiger charge is -2.09. The molecule has 0 radical (unpaired) electrons. The summed E-state index contributed by atoms with van der Waals surface area (Å²) >= 11 is 3.21. The van der Waals surface area contributed by atoms with Gasteiger partial charge in [0.15, 0.2) is 0 Å². The van der Waals surface area contributed by atoms with Crippen LogP contribution in [0, 0.1) is 0 Å². The van der Waals surface area contributed by atoms with Gasteiger partial charge in [-0.25, -0.2) is 4.79 Å². The number of halogens is 1. The summed E-state index contributed by atoms with van der Waals surface area (Å²) in [4.78, 5) is 27.0. The zero-order valence-corrected chi connectivity index (χ0v) is 11.7. The minimum Gasteiger partial charge on any atom is -0.478 e. The molecule has 0 fully saturated rings. The van der Waals surface area contributed by atoms with E-state index in [9.17, 15) is 9.59 Å². The number of nitrogens with two attached hydrogens (primary N) is 1. The number of nitrogen functional groups attached to an aromatic ring is 1. The van der Waals surface area contributed by atoms with Gasteiger partial charge >= 0.3 is 5.97 Å². The molecule has 0 aliphatic heterocycles. The highest BCUT2D eigenvalue weighted by Crippen LogP contribution is 2.20. The number of aromatic nitrogens is 1. The first kappa shape index (κ1) is 14.0. The van der Waals surface area contributed by atoms with Crippen LogP contribution in [0.5, 0.6) is 0 Å². The van der Waals surface area contributed by atoms with Gasteiger partial charge in [0, 0.05) is 22.6 Å². The number of benzene rings is 1. The van der Waals surface area contributed by atoms with Crippen LogP contribution in [0.2, 0.25) is 0 Å². The second-order valence-electron chi connectivity index (χ2n) is 3.96. The van der Waals surface area contributed by atoms with Crippen LogP contribution < -0.4 is 11.1 Å². The van der Waals surface area contributed by atoms with Crippen LogP contribution in [0.15, 0.2) is 41.1 Å². The van der Waals surface area contributed by atoms with E-state index in [1.165, 1.54) is 24.4 Å². The summed E-state index contributed by atoms with van der Waals surface area (Å²) in [7, 11) is 0. The van der Waals surface area contributed by atoms with E-state index in [1.807, 2.05) is 0 Å². The van der Waals surface area contributed by atoms with Crippen molar-refractivity contribution >= 4 is 39.2 Å². The Hall–Kier alpha value is -2.41. The second kappa shape index (κ2) is 5.70. The Labute approximate surface area is 122 Å². The normalized spacial score (nSPS) is 10.1. The predicted molar refractivity (Wildman–Crippen MR) is 77.7 cm³/mol. The topological polar surface area (TPSA) is 105 Å². The number of hydrogen-bond acceptors (Lipinski definition) is 4. The van der Waals surface area contributed by atoms with Gasteiger partial charge in [-0.15, -0.1) is 0 Å². The monoisotopic (exact) mass is 335 g/mol. The molecule has 0 bridgehead atoms. The molecule has 0 saturated heterocycles. The molecule has 4 N–H and O–H groups in total. The standard InChI is InChI=1S/C13H10BrN3O3/c14-8-3-7(5-16-6-8)12(18)17-11-4-9(15)1-2-10(11)13(19)20/h1-6H,15H2,(H,17,18)(H,19,20). The number of hydrogen-bond donors (Lipinski definition) is 3. The minimum atomic E-state index is -1.15. The summed E-state index contributed by atoms with van der Waals surface area (Å²) in [5.74, 6) is -1.61. The lowest BCUT2D eigenvalue weighted by atomic mass is 10.1. The molecule has 20 heavy (non-hydrogen) atoms. The molecular weight excluding hydrogens is 326 g/mol. The number of amides is 1. The largest absolute Gasteiger partial charge is 0.478 e. The van der Waals surface area contributed by atoms with Crippen molar-refractivity contribution in [1.29, 1.82) is 0 Å². The van der Waals surface area contributed by atoms with E-state index in [1.54, 1.807) is 12.3 Å². The second-order valence-corrected chi connectivity index (χ2v) is 4.87. The smallest absolute Gasteiger partial charge is 0.337 e. The highest BCUT2D eigenvalue weighted by molar-refractivity contribution is 9.10. The van der Waals surface area contributed by atoms with Crippen LogP contribution in [0.1, 0.15) is 20.7 Å². The Morgan fingerprint density at radius 3 is 2.65 bits per heavy atom. The number of carbonyl (C=O) groups excluding carboxylic acids is 1. The SMILES string of the molecule is Nc1ccc(C(=O)O)c(NC(=O)c2cncc(Br)c2)c1. The highest BCUT2D eigenvalue weighted by Gasteiger charge is 2.14. The van der Waals surface area contributed by atoms with Crippen LogP contribution in [0.3, 0.4) is 0 Å². The zero-order valence-electron chi connectivity index (χ0n) is 10.1. The van der Waals surface area contributed by atoms with Gasteiger partial charge in [-0.05, 0) is 40.2 Å². The first-order valence-corrected chi connectivity index (χ1v) is 6.31. The predicted octanol–water partition coefficient (Wildman–Crippen LogP) is 2.38. The van der Waals surface area contributed by atoms with Crippen LogP contribution in [0.25, 0.3) is 0 Å². The molecule has 1 heterocycles. The molecular formula is C13H10BrN3O3. The van der Waals surface area contributed by atoms with E-state index in [2.05, 4.69) is 26.2 Å². The van der Waals surface area contributed by atoms with Gasteiger partial charge in [0.1, 0.15) is 0 Å². The van der Waals surface area contributed by atoms with Crippen LogP contribution in [-0.4, -0.2) is 22.0 Å². The summed E-state index contributed by atoms with van der Waals surface area (Å²) in [5, 5.41) is 11.6. The lowest BCUT2D eigenvalue weighted by Crippen LogP contribution is -2.15. The maximum atomic E-state index is 12.0. The van der Waals surface area contributed by atoms with E-state index in [0.29, 0.717) is 15.7 Å². The van der Waals surface area contributed by atoms with Crippen molar-refractivity contribution in [2.24, 2.45) is 0 Å². The number of nitrogens with one attached hydrogen (secondary N) is 1. The fourth-order valence-electron chi connectivity index (χ4n) is 1.58. The molecule has 1 aromatic heterocycles. The van der Waals surface area contributed by atoms with Gasteiger partial charge in [0.2, 0.25) is 0 Å². The average molecular weight is 336 g/mol. The van der Waals surface area contributed by atoms with Gasteiger partial charge in [-0.2, -0.15) is 0 Å². The molecule has 2 aromatic rings. The molecule has 0 spiro atoms. The molecule has 0 atom stereocenters. The minimum absolute atomic E-state index is 0.0319. The summed E-state index contributed by atoms with van der Waals surface area (Å²) in [6.07, 6.45) is 2.92. The fraction of sp³-hybridized carbons (Fsp3) is 0. The molecule has 102 valence electrons. The molecule has 0 saturated carbocycles. The third-order valence-electron chi connectivity index (χ3n) is 2.49. The van der Waals surface area contributed by atoms with Crippen molar-refractivity contribution in [1.82, 2.24) is 4.98 Å². The van der Waals surface area contributed by atoms with Crippen molar-refractivity contribution in [3.63, 3.8) is 0 Å². The highest BCUT2D eigenvalue weighted by atomic mass is 79.9. The van der Waals surface area contributed by atoms with Crippen molar-refractivity contribution in [3.8, 4) is 0 Å². The molecule has 1 aromatic carbocycles. The number of anilines is 2. The number of aromatic carboxylic acids is 1. The fourth-order valence-corrected chi connectivity index (χ4v) is 1.95. The lowest BCUT2D eigenvalue weighted by molar-refractivity contribution is 0.0698. The molecule has 6 nitrogen and oxygen atoms in total. The van der Waals surface area contributed by atoms with E-state index >= 15 is 0 Å². The Bertz CT molecular complexity index is 688. The van der Waals surface area contributed by atoms with Crippen LogP contribution >= 0.6 is 15.9 Å². The molecule has 1 amide bonds. The molecule has 7 heteroatoms. The molecule has 2 rings (SSSR count). The maximum Gasteiger partial charge on any atom is 0.337 e. The van der Waals surface area contributed by atoms with Crippen molar-refractivity contribution in [3.05, 3.63) is 52.3 Å². The Balaban J connectivity index is 2.32. The average Bonchev–Trinajstić information content (AvgIpc) is 2.38. The van der Waals surface area contributed by atoms with Gasteiger partial charge < -0.3 is 16.2 Å². The maximum absolute atomic E-state index is 12.0. The van der Waals surface area contributed by atoms with Crippen molar-refractivity contribution < 1.29 is 14.7 Å². The van der Waals surface area contributed by atoms with Crippen LogP contribution in [0.4, 0.5) is 11.4 Å². The van der Waals surface area contributed by atoms with Gasteiger partial charge in [-0.3, -0.25) is 9.78 Å².